The van der Waals surface area contributed by atoms with Crippen molar-refractivity contribution in [2.24, 2.45) is 5.73 Å². The Balaban J connectivity index is 0.00000304. The Labute approximate surface area is 218 Å². The number of ether oxygens (including phenoxy) is 1. The second-order valence-electron chi connectivity index (χ2n) is 10.3. The van der Waals surface area contributed by atoms with E-state index < -0.39 is 5.54 Å². The van der Waals surface area contributed by atoms with Crippen LogP contribution in [0.2, 0.25) is 0 Å². The molecule has 2 saturated heterocycles. The molecule has 0 saturated carbocycles. The van der Waals surface area contributed by atoms with Crippen LogP contribution in [0.1, 0.15) is 39.2 Å². The van der Waals surface area contributed by atoms with Crippen molar-refractivity contribution < 1.29 is 9.53 Å². The predicted octanol–water partition coefficient (Wildman–Crippen LogP) is 1.26. The van der Waals surface area contributed by atoms with E-state index in [9.17, 15) is 4.79 Å². The number of morpholine rings is 1. The molecule has 11 nitrogen and oxygen atoms in total. The molecule has 12 heteroatoms. The number of nitrogens with zero attached hydrogens (tertiary/aromatic N) is 7. The van der Waals surface area contributed by atoms with Crippen LogP contribution in [0.3, 0.4) is 0 Å². The molecule has 0 aromatic carbocycles. The maximum Gasteiger partial charge on any atom is 0.242 e. The molecule has 1 atom stereocenters. The van der Waals surface area contributed by atoms with Gasteiger partial charge >= 0.3 is 0 Å². The first-order valence-electron chi connectivity index (χ1n) is 12.4. The van der Waals surface area contributed by atoms with E-state index in [1.165, 1.54) is 0 Å². The SMILES string of the molecule is CC[C@@]1(N2CCc3c(-c4cnc(N)nc4)nc(N4CCOCC4)nc32)CCN(C(=O)C(C)(C)N)C1.Cl. The fraction of sp³-hybridized carbons (Fsp3) is 0.625. The number of nitrogens with two attached hydrogens (primary N) is 2. The molecule has 2 aromatic rings. The number of carbonyl (C=O) groups excluding carboxylic acids is 1. The summed E-state index contributed by atoms with van der Waals surface area (Å²) in [5.74, 6) is 1.85. The normalized spacial score (nSPS) is 21.9. The summed E-state index contributed by atoms with van der Waals surface area (Å²) in [4.78, 5) is 38.0. The van der Waals surface area contributed by atoms with Crippen molar-refractivity contribution >= 4 is 36.0 Å². The smallest absolute Gasteiger partial charge is 0.242 e. The molecular formula is C24H36ClN9O2. The maximum atomic E-state index is 13.0. The Hall–Kier alpha value is -2.76. The van der Waals surface area contributed by atoms with E-state index in [1.807, 2.05) is 4.90 Å². The van der Waals surface area contributed by atoms with Crippen LogP contribution in [0.4, 0.5) is 17.7 Å². The molecule has 4 N–H and O–H groups in total. The van der Waals surface area contributed by atoms with Crippen molar-refractivity contribution in [2.75, 3.05) is 61.5 Å². The van der Waals surface area contributed by atoms with Crippen LogP contribution in [0, 0.1) is 0 Å². The van der Waals surface area contributed by atoms with Crippen molar-refractivity contribution in [1.82, 2.24) is 24.8 Å². The van der Waals surface area contributed by atoms with Gasteiger partial charge in [-0.15, -0.1) is 12.4 Å². The van der Waals surface area contributed by atoms with Crippen LogP contribution in [-0.4, -0.2) is 87.8 Å². The van der Waals surface area contributed by atoms with E-state index in [0.29, 0.717) is 32.3 Å². The molecule has 36 heavy (non-hydrogen) atoms. The highest BCUT2D eigenvalue weighted by Crippen LogP contribution is 2.43. The summed E-state index contributed by atoms with van der Waals surface area (Å²) >= 11 is 0. The number of nitrogen functional groups attached to an aromatic ring is 1. The number of carbonyl (C=O) groups is 1. The number of hydrogen-bond acceptors (Lipinski definition) is 10. The zero-order valence-electron chi connectivity index (χ0n) is 21.2. The number of likely N-dealkylation sites (tertiary alicyclic amines) is 1. The van der Waals surface area contributed by atoms with E-state index in [4.69, 9.17) is 26.2 Å². The average Bonchev–Trinajstić information content (AvgIpc) is 3.49. The summed E-state index contributed by atoms with van der Waals surface area (Å²) in [5.41, 5.74) is 13.6. The van der Waals surface area contributed by atoms with Crippen LogP contribution >= 0.6 is 12.4 Å². The molecule has 2 aromatic heterocycles. The van der Waals surface area contributed by atoms with Gasteiger partial charge in [0.15, 0.2) is 0 Å². The molecule has 0 aliphatic carbocycles. The molecule has 0 unspecified atom stereocenters. The van der Waals surface area contributed by atoms with Gasteiger partial charge in [-0.05, 0) is 33.1 Å². The van der Waals surface area contributed by atoms with E-state index in [0.717, 1.165) is 61.5 Å². The highest BCUT2D eigenvalue weighted by atomic mass is 35.5. The topological polar surface area (TPSA) is 140 Å². The summed E-state index contributed by atoms with van der Waals surface area (Å²) < 4.78 is 5.55. The largest absolute Gasteiger partial charge is 0.378 e. The summed E-state index contributed by atoms with van der Waals surface area (Å²) in [6.45, 7) is 10.7. The minimum Gasteiger partial charge on any atom is -0.378 e. The summed E-state index contributed by atoms with van der Waals surface area (Å²) in [5, 5.41) is 0. The van der Waals surface area contributed by atoms with Gasteiger partial charge in [0.1, 0.15) is 5.82 Å². The first kappa shape index (κ1) is 26.3. The number of aromatic nitrogens is 4. The lowest BCUT2D eigenvalue weighted by Gasteiger charge is -2.40. The van der Waals surface area contributed by atoms with Gasteiger partial charge in [-0.25, -0.2) is 15.0 Å². The third-order valence-corrected chi connectivity index (χ3v) is 7.46. The van der Waals surface area contributed by atoms with Gasteiger partial charge in [-0.1, -0.05) is 6.92 Å². The molecule has 5 rings (SSSR count). The van der Waals surface area contributed by atoms with Crippen LogP contribution in [0.5, 0.6) is 0 Å². The van der Waals surface area contributed by atoms with Gasteiger partial charge in [0.2, 0.25) is 17.8 Å². The van der Waals surface area contributed by atoms with E-state index >= 15 is 0 Å². The van der Waals surface area contributed by atoms with E-state index in [2.05, 4.69) is 26.7 Å². The molecule has 3 aliphatic heterocycles. The first-order valence-corrected chi connectivity index (χ1v) is 12.4. The van der Waals surface area contributed by atoms with E-state index in [-0.39, 0.29) is 29.8 Å². The molecule has 0 bridgehead atoms. The molecular weight excluding hydrogens is 482 g/mol. The van der Waals surface area contributed by atoms with Gasteiger partial charge < -0.3 is 30.9 Å². The standard InChI is InChI=1S/C24H35N9O2.ClH/c1-4-24(6-8-32(15-24)20(34)23(2,3)26)33-7-5-17-18(16-13-27-21(25)28-14-16)29-22(30-19(17)33)31-9-11-35-12-10-31;/h13-14H,4-12,15,26H2,1-3H3,(H2,25,27,28);1H/t24-;/m1./s1. The molecule has 3 aliphatic rings. The minimum absolute atomic E-state index is 0. The molecule has 5 heterocycles. The average molecular weight is 518 g/mol. The Kier molecular flexibility index (Phi) is 7.27. The number of halogens is 1. The Morgan fingerprint density at radius 3 is 2.47 bits per heavy atom. The lowest BCUT2D eigenvalue weighted by atomic mass is 9.93. The van der Waals surface area contributed by atoms with Crippen molar-refractivity contribution in [3.8, 4) is 11.3 Å². The lowest BCUT2D eigenvalue weighted by Crippen LogP contribution is -2.54. The number of amides is 1. The number of anilines is 3. The molecule has 196 valence electrons. The zero-order valence-corrected chi connectivity index (χ0v) is 22.1. The monoisotopic (exact) mass is 517 g/mol. The lowest BCUT2D eigenvalue weighted by molar-refractivity contribution is -0.134. The van der Waals surface area contributed by atoms with E-state index in [1.54, 1.807) is 26.2 Å². The van der Waals surface area contributed by atoms with Gasteiger partial charge in [0, 0.05) is 56.2 Å². The number of rotatable bonds is 5. The molecule has 1 amide bonds. The van der Waals surface area contributed by atoms with Crippen LogP contribution in [-0.2, 0) is 16.0 Å². The van der Waals surface area contributed by atoms with Gasteiger partial charge in [-0.3, -0.25) is 4.79 Å². The second-order valence-corrected chi connectivity index (χ2v) is 10.3. The van der Waals surface area contributed by atoms with Crippen LogP contribution < -0.4 is 21.3 Å². The fourth-order valence-corrected chi connectivity index (χ4v) is 5.45. The zero-order chi connectivity index (χ0) is 24.8. The third kappa shape index (κ3) is 4.67. The summed E-state index contributed by atoms with van der Waals surface area (Å²) in [6.07, 6.45) is 6.05. The molecule has 0 spiro atoms. The summed E-state index contributed by atoms with van der Waals surface area (Å²) in [7, 11) is 0. The Bertz CT molecular complexity index is 1100. The fourth-order valence-electron chi connectivity index (χ4n) is 5.45. The highest BCUT2D eigenvalue weighted by Gasteiger charge is 2.48. The van der Waals surface area contributed by atoms with Crippen LogP contribution in [0.15, 0.2) is 12.4 Å². The third-order valence-electron chi connectivity index (χ3n) is 7.46. The molecule has 0 radical (unpaired) electrons. The van der Waals surface area contributed by atoms with Crippen molar-refractivity contribution in [3.05, 3.63) is 18.0 Å². The quantitative estimate of drug-likeness (QED) is 0.595. The van der Waals surface area contributed by atoms with Crippen molar-refractivity contribution in [2.45, 2.75) is 51.1 Å². The van der Waals surface area contributed by atoms with Gasteiger partial charge in [0.05, 0.1) is 30.0 Å². The minimum atomic E-state index is -0.888. The summed E-state index contributed by atoms with van der Waals surface area (Å²) in [6, 6.07) is 0. The Morgan fingerprint density at radius 1 is 1.14 bits per heavy atom. The predicted molar refractivity (Wildman–Crippen MR) is 141 cm³/mol. The second kappa shape index (κ2) is 9.95. The van der Waals surface area contributed by atoms with Gasteiger partial charge in [0.25, 0.3) is 0 Å². The number of fused-ring (bicyclic) bond motifs is 1. The maximum absolute atomic E-state index is 13.0. The van der Waals surface area contributed by atoms with Gasteiger partial charge in [-0.2, -0.15) is 4.98 Å². The number of hydrogen-bond donors (Lipinski definition) is 2. The van der Waals surface area contributed by atoms with Crippen molar-refractivity contribution in [1.29, 1.82) is 0 Å². The first-order chi connectivity index (χ1) is 16.7. The van der Waals surface area contributed by atoms with Crippen LogP contribution in [0.25, 0.3) is 11.3 Å². The highest BCUT2D eigenvalue weighted by molar-refractivity contribution is 5.86. The Morgan fingerprint density at radius 2 is 1.83 bits per heavy atom. The van der Waals surface area contributed by atoms with Crippen molar-refractivity contribution in [3.63, 3.8) is 0 Å². The molecule has 2 fully saturated rings.